The van der Waals surface area contributed by atoms with Crippen LogP contribution in [0.2, 0.25) is 5.15 Å². The van der Waals surface area contributed by atoms with Gasteiger partial charge in [0.05, 0.1) is 6.20 Å². The highest BCUT2D eigenvalue weighted by atomic mass is 79.9. The van der Waals surface area contributed by atoms with Gasteiger partial charge >= 0.3 is 0 Å². The quantitative estimate of drug-likeness (QED) is 0.753. The van der Waals surface area contributed by atoms with E-state index in [-0.39, 0.29) is 11.1 Å². The first kappa shape index (κ1) is 12.3. The van der Waals surface area contributed by atoms with Gasteiger partial charge in [0.2, 0.25) is 5.91 Å². The van der Waals surface area contributed by atoms with Crippen molar-refractivity contribution in [3.05, 3.63) is 16.0 Å². The summed E-state index contributed by atoms with van der Waals surface area (Å²) in [5, 5.41) is 1.05. The number of amides is 1. The summed E-state index contributed by atoms with van der Waals surface area (Å²) < 4.78 is 0.560. The first-order chi connectivity index (χ1) is 7.61. The Bertz CT molecular complexity index is 429. The molecule has 0 radical (unpaired) electrons. The number of alkyl halides is 1. The van der Waals surface area contributed by atoms with Crippen molar-refractivity contribution in [2.75, 3.05) is 16.8 Å². The van der Waals surface area contributed by atoms with E-state index in [1.165, 1.54) is 6.20 Å². The van der Waals surface area contributed by atoms with E-state index in [0.29, 0.717) is 29.3 Å². The van der Waals surface area contributed by atoms with E-state index in [2.05, 4.69) is 41.8 Å². The van der Waals surface area contributed by atoms with Crippen LogP contribution in [-0.2, 0) is 4.79 Å². The predicted octanol–water partition coefficient (Wildman–Crippen LogP) is 2.64. The van der Waals surface area contributed by atoms with Crippen LogP contribution in [0.1, 0.15) is 6.42 Å². The molecule has 1 aliphatic heterocycles. The minimum absolute atomic E-state index is 0.0444. The number of rotatable bonds is 2. The zero-order valence-corrected chi connectivity index (χ0v) is 12.1. The molecule has 1 aliphatic rings. The molecule has 1 saturated heterocycles. The van der Waals surface area contributed by atoms with E-state index in [1.54, 1.807) is 4.90 Å². The largest absolute Gasteiger partial charge is 0.294 e. The van der Waals surface area contributed by atoms with Gasteiger partial charge in [-0.15, -0.1) is 0 Å². The fraction of sp³-hybridized carbons (Fsp3) is 0.444. The molecule has 2 rings (SSSR count). The predicted molar refractivity (Wildman–Crippen MR) is 69.0 cm³/mol. The molecule has 0 N–H and O–H groups in total. The second-order valence-corrected chi connectivity index (χ2v) is 5.35. The molecule has 7 heteroatoms. The van der Waals surface area contributed by atoms with Crippen LogP contribution in [-0.4, -0.2) is 27.7 Å². The minimum atomic E-state index is 0.0444. The summed E-state index contributed by atoms with van der Waals surface area (Å²) >= 11 is 12.5. The Balaban J connectivity index is 2.28. The lowest BCUT2D eigenvalue weighted by Gasteiger charge is -2.15. The normalized spacial score (nSPS) is 20.6. The zero-order valence-electron chi connectivity index (χ0n) is 8.16. The number of hydrogen-bond donors (Lipinski definition) is 0. The Hall–Kier alpha value is -0.200. The average Bonchev–Trinajstić information content (AvgIpc) is 2.60. The van der Waals surface area contributed by atoms with Gasteiger partial charge in [-0.1, -0.05) is 27.5 Å². The van der Waals surface area contributed by atoms with Crippen LogP contribution in [0.4, 0.5) is 5.82 Å². The van der Waals surface area contributed by atoms with Crippen molar-refractivity contribution >= 4 is 55.2 Å². The van der Waals surface area contributed by atoms with Crippen LogP contribution in [0.5, 0.6) is 0 Å². The maximum absolute atomic E-state index is 11.7. The molecule has 1 aromatic rings. The summed E-state index contributed by atoms with van der Waals surface area (Å²) in [5.41, 5.74) is 0. The van der Waals surface area contributed by atoms with E-state index in [9.17, 15) is 4.79 Å². The van der Waals surface area contributed by atoms with E-state index in [1.807, 2.05) is 0 Å². The highest BCUT2D eigenvalue weighted by Crippen LogP contribution is 2.29. The SMILES string of the molecule is O=C1CC(CBr)CN1c1ncc(Br)nc1Cl. The molecule has 0 spiro atoms. The van der Waals surface area contributed by atoms with E-state index >= 15 is 0 Å². The first-order valence-corrected chi connectivity index (χ1v) is 6.95. The van der Waals surface area contributed by atoms with Crippen molar-refractivity contribution in [2.45, 2.75) is 6.42 Å². The number of nitrogens with zero attached hydrogens (tertiary/aromatic N) is 3. The van der Waals surface area contributed by atoms with Crippen molar-refractivity contribution in [1.29, 1.82) is 0 Å². The third-order valence-corrected chi connectivity index (χ3v) is 3.91. The lowest BCUT2D eigenvalue weighted by atomic mass is 10.2. The fourth-order valence-corrected chi connectivity index (χ4v) is 2.67. The number of halogens is 3. The maximum Gasteiger partial charge on any atom is 0.228 e. The van der Waals surface area contributed by atoms with Crippen LogP contribution in [0.3, 0.4) is 0 Å². The number of carbonyl (C=O) groups is 1. The van der Waals surface area contributed by atoms with E-state index < -0.39 is 0 Å². The number of carbonyl (C=O) groups excluding carboxylic acids is 1. The maximum atomic E-state index is 11.7. The molecule has 16 heavy (non-hydrogen) atoms. The zero-order chi connectivity index (χ0) is 11.7. The van der Waals surface area contributed by atoms with Crippen molar-refractivity contribution < 1.29 is 4.79 Å². The molecule has 1 atom stereocenters. The molecular weight excluding hydrogens is 361 g/mol. The topological polar surface area (TPSA) is 46.1 Å². The molecule has 0 aliphatic carbocycles. The van der Waals surface area contributed by atoms with Gasteiger partial charge in [0.1, 0.15) is 4.60 Å². The Morgan fingerprint density at radius 2 is 2.38 bits per heavy atom. The number of aromatic nitrogens is 2. The third-order valence-electron chi connectivity index (χ3n) is 2.36. The van der Waals surface area contributed by atoms with Crippen molar-refractivity contribution in [3.8, 4) is 0 Å². The molecule has 0 bridgehead atoms. The first-order valence-electron chi connectivity index (χ1n) is 4.66. The average molecular weight is 369 g/mol. The van der Waals surface area contributed by atoms with Crippen LogP contribution in [0.25, 0.3) is 0 Å². The Kier molecular flexibility index (Phi) is 3.81. The molecule has 4 nitrogen and oxygen atoms in total. The monoisotopic (exact) mass is 367 g/mol. The summed E-state index contributed by atoms with van der Waals surface area (Å²) in [6, 6.07) is 0. The molecule has 1 fully saturated rings. The van der Waals surface area contributed by atoms with Gasteiger partial charge in [-0.25, -0.2) is 9.97 Å². The summed E-state index contributed by atoms with van der Waals surface area (Å²) in [6.45, 7) is 0.639. The van der Waals surface area contributed by atoms with E-state index in [4.69, 9.17) is 11.6 Å². The van der Waals surface area contributed by atoms with Crippen molar-refractivity contribution in [3.63, 3.8) is 0 Å². The smallest absolute Gasteiger partial charge is 0.228 e. The number of hydrogen-bond acceptors (Lipinski definition) is 3. The highest BCUT2D eigenvalue weighted by molar-refractivity contribution is 9.10. The molecule has 0 aromatic carbocycles. The Labute approximate surface area is 115 Å². The molecule has 0 saturated carbocycles. The fourth-order valence-electron chi connectivity index (χ4n) is 1.61. The summed E-state index contributed by atoms with van der Waals surface area (Å²) in [4.78, 5) is 21.5. The van der Waals surface area contributed by atoms with Gasteiger partial charge in [0, 0.05) is 18.3 Å². The summed E-state index contributed by atoms with van der Waals surface area (Å²) in [6.07, 6.45) is 2.06. The number of anilines is 1. The lowest BCUT2D eigenvalue weighted by molar-refractivity contribution is -0.117. The van der Waals surface area contributed by atoms with Crippen LogP contribution < -0.4 is 4.90 Å². The molecule has 1 amide bonds. The van der Waals surface area contributed by atoms with Crippen molar-refractivity contribution in [2.24, 2.45) is 5.92 Å². The Morgan fingerprint density at radius 3 is 2.94 bits per heavy atom. The van der Waals surface area contributed by atoms with Crippen LogP contribution in [0.15, 0.2) is 10.8 Å². The minimum Gasteiger partial charge on any atom is -0.294 e. The lowest BCUT2D eigenvalue weighted by Crippen LogP contribution is -2.26. The van der Waals surface area contributed by atoms with Gasteiger partial charge in [-0.05, 0) is 21.8 Å². The van der Waals surface area contributed by atoms with Gasteiger partial charge in [-0.3, -0.25) is 9.69 Å². The van der Waals surface area contributed by atoms with Crippen LogP contribution in [0, 0.1) is 5.92 Å². The third kappa shape index (κ3) is 2.38. The standard InChI is InChI=1S/C9H8Br2ClN3O/c10-2-5-1-7(16)15(4-5)9-8(12)14-6(11)3-13-9/h3,5H,1-2,4H2. The van der Waals surface area contributed by atoms with Gasteiger partial charge in [0.15, 0.2) is 11.0 Å². The van der Waals surface area contributed by atoms with Gasteiger partial charge in [0.25, 0.3) is 0 Å². The van der Waals surface area contributed by atoms with Crippen LogP contribution >= 0.6 is 43.5 Å². The summed E-state index contributed by atoms with van der Waals surface area (Å²) in [5.74, 6) is 0.801. The molecule has 1 aromatic heterocycles. The van der Waals surface area contributed by atoms with Crippen molar-refractivity contribution in [1.82, 2.24) is 9.97 Å². The Morgan fingerprint density at radius 1 is 1.62 bits per heavy atom. The van der Waals surface area contributed by atoms with Gasteiger partial charge < -0.3 is 0 Å². The molecule has 86 valence electrons. The second-order valence-electron chi connectivity index (χ2n) is 3.54. The van der Waals surface area contributed by atoms with Gasteiger partial charge in [-0.2, -0.15) is 0 Å². The summed E-state index contributed by atoms with van der Waals surface area (Å²) in [7, 11) is 0. The highest BCUT2D eigenvalue weighted by Gasteiger charge is 2.32. The second kappa shape index (κ2) is 4.98. The molecular formula is C9H8Br2ClN3O. The molecule has 2 heterocycles. The van der Waals surface area contributed by atoms with E-state index in [0.717, 1.165) is 5.33 Å². The molecule has 1 unspecified atom stereocenters.